The fourth-order valence-corrected chi connectivity index (χ4v) is 4.57. The summed E-state index contributed by atoms with van der Waals surface area (Å²) in [6.45, 7) is 5.07. The quantitative estimate of drug-likeness (QED) is 0.390. The lowest BCUT2D eigenvalue weighted by Gasteiger charge is -2.28. The van der Waals surface area contributed by atoms with Crippen LogP contribution in [-0.2, 0) is 4.74 Å². The first-order valence-corrected chi connectivity index (χ1v) is 10.9. The van der Waals surface area contributed by atoms with Crippen LogP contribution in [0.2, 0.25) is 5.02 Å². The van der Waals surface area contributed by atoms with Gasteiger partial charge in [-0.05, 0) is 68.0 Å². The predicted octanol–water partition coefficient (Wildman–Crippen LogP) is 4.88. The van der Waals surface area contributed by atoms with Crippen molar-refractivity contribution in [3.63, 3.8) is 0 Å². The standard InChI is InChI=1S/C23H25ClN4O2S/c1-14-12-17(15(2)26-14)22-21(19-6-4-5-9-25-19)27-23(31)28(22)16-7-8-20(18(24)13-16)30-11-10-29-3/h4-9,12-13,21-22,26H,10-11H2,1-3H3,(H,27,31)/t21-,22-/m0/s1. The molecule has 0 spiro atoms. The van der Waals surface area contributed by atoms with Crippen LogP contribution in [0.4, 0.5) is 5.69 Å². The molecule has 31 heavy (non-hydrogen) atoms. The van der Waals surface area contributed by atoms with Gasteiger partial charge in [0.15, 0.2) is 5.11 Å². The summed E-state index contributed by atoms with van der Waals surface area (Å²) in [5.41, 5.74) is 5.19. The Labute approximate surface area is 192 Å². The summed E-state index contributed by atoms with van der Waals surface area (Å²) in [6.07, 6.45) is 1.80. The summed E-state index contributed by atoms with van der Waals surface area (Å²) >= 11 is 12.3. The van der Waals surface area contributed by atoms with E-state index in [0.29, 0.717) is 29.1 Å². The van der Waals surface area contributed by atoms with Gasteiger partial charge >= 0.3 is 0 Å². The van der Waals surface area contributed by atoms with Crippen molar-refractivity contribution in [3.8, 4) is 5.75 Å². The third-order valence-electron chi connectivity index (χ3n) is 5.35. The van der Waals surface area contributed by atoms with Gasteiger partial charge in [0.25, 0.3) is 0 Å². The number of H-pyrrole nitrogens is 1. The van der Waals surface area contributed by atoms with Crippen molar-refractivity contribution in [1.29, 1.82) is 0 Å². The highest BCUT2D eigenvalue weighted by Gasteiger charge is 2.41. The molecule has 1 aromatic carbocycles. The molecular weight excluding hydrogens is 432 g/mol. The number of hydrogen-bond donors (Lipinski definition) is 2. The van der Waals surface area contributed by atoms with E-state index in [1.165, 1.54) is 0 Å². The van der Waals surface area contributed by atoms with E-state index in [1.807, 2.05) is 36.4 Å². The van der Waals surface area contributed by atoms with Crippen LogP contribution in [0.5, 0.6) is 5.75 Å². The monoisotopic (exact) mass is 456 g/mol. The fraction of sp³-hybridized carbons (Fsp3) is 0.304. The Bertz CT molecular complexity index is 1070. The second kappa shape index (κ2) is 9.26. The molecule has 162 valence electrons. The largest absolute Gasteiger partial charge is 0.490 e. The maximum absolute atomic E-state index is 6.54. The van der Waals surface area contributed by atoms with Gasteiger partial charge in [0.1, 0.15) is 12.4 Å². The summed E-state index contributed by atoms with van der Waals surface area (Å²) in [5, 5.41) is 4.62. The number of methoxy groups -OCH3 is 1. The van der Waals surface area contributed by atoms with E-state index < -0.39 is 0 Å². The third kappa shape index (κ3) is 4.39. The summed E-state index contributed by atoms with van der Waals surface area (Å²) in [5.74, 6) is 0.618. The van der Waals surface area contributed by atoms with Crippen LogP contribution >= 0.6 is 23.8 Å². The van der Waals surface area contributed by atoms with Gasteiger partial charge in [-0.15, -0.1) is 0 Å². The molecule has 1 saturated heterocycles. The molecule has 0 aliphatic carbocycles. The molecule has 1 fully saturated rings. The van der Waals surface area contributed by atoms with Crippen LogP contribution < -0.4 is 15.0 Å². The lowest BCUT2D eigenvalue weighted by Crippen LogP contribution is -2.29. The number of aromatic amines is 1. The lowest BCUT2D eigenvalue weighted by atomic mass is 9.96. The number of rotatable bonds is 7. The van der Waals surface area contributed by atoms with E-state index in [-0.39, 0.29) is 12.1 Å². The molecule has 1 aliphatic heterocycles. The smallest absolute Gasteiger partial charge is 0.174 e. The SMILES string of the molecule is COCCOc1ccc(N2C(=S)N[C@@H](c3ccccn3)[C@@H]2c2cc(C)[nH]c2C)cc1Cl. The average Bonchev–Trinajstić information content (AvgIpc) is 3.27. The first-order chi connectivity index (χ1) is 15.0. The third-order valence-corrected chi connectivity index (χ3v) is 5.96. The van der Waals surface area contributed by atoms with Crippen molar-refractivity contribution in [1.82, 2.24) is 15.3 Å². The Morgan fingerprint density at radius 2 is 2.00 bits per heavy atom. The number of nitrogens with one attached hydrogen (secondary N) is 2. The first kappa shape index (κ1) is 21.6. The van der Waals surface area contributed by atoms with Gasteiger partial charge < -0.3 is 24.7 Å². The topological polar surface area (TPSA) is 62.4 Å². The van der Waals surface area contributed by atoms with Crippen molar-refractivity contribution < 1.29 is 9.47 Å². The normalized spacial score (nSPS) is 18.3. The van der Waals surface area contributed by atoms with Crippen molar-refractivity contribution >= 4 is 34.6 Å². The van der Waals surface area contributed by atoms with Gasteiger partial charge in [0.2, 0.25) is 0 Å². The summed E-state index contributed by atoms with van der Waals surface area (Å²) in [7, 11) is 1.64. The van der Waals surface area contributed by atoms with Crippen LogP contribution in [0.1, 0.15) is 34.7 Å². The van der Waals surface area contributed by atoms with Gasteiger partial charge in [-0.2, -0.15) is 0 Å². The van der Waals surface area contributed by atoms with Gasteiger partial charge in [0, 0.05) is 30.4 Å². The summed E-state index contributed by atoms with van der Waals surface area (Å²) < 4.78 is 10.7. The van der Waals surface area contributed by atoms with Crippen LogP contribution in [0.15, 0.2) is 48.7 Å². The maximum atomic E-state index is 6.54. The first-order valence-electron chi connectivity index (χ1n) is 10.1. The predicted molar refractivity (Wildman–Crippen MR) is 127 cm³/mol. The molecule has 0 bridgehead atoms. The molecule has 0 saturated carbocycles. The Morgan fingerprint density at radius 3 is 2.65 bits per heavy atom. The highest BCUT2D eigenvalue weighted by atomic mass is 35.5. The number of thiocarbonyl (C=S) groups is 1. The van der Waals surface area contributed by atoms with Gasteiger partial charge in [-0.1, -0.05) is 17.7 Å². The Balaban J connectivity index is 1.74. The molecule has 4 rings (SSSR count). The Morgan fingerprint density at radius 1 is 1.16 bits per heavy atom. The van der Waals surface area contributed by atoms with E-state index in [0.717, 1.165) is 28.3 Å². The number of aromatic nitrogens is 2. The van der Waals surface area contributed by atoms with E-state index in [1.54, 1.807) is 13.3 Å². The van der Waals surface area contributed by atoms with Gasteiger partial charge in [-0.3, -0.25) is 4.98 Å². The molecule has 8 heteroatoms. The van der Waals surface area contributed by atoms with Crippen molar-refractivity contribution in [3.05, 3.63) is 76.3 Å². The molecular formula is C23H25ClN4O2S. The van der Waals surface area contributed by atoms with Crippen molar-refractivity contribution in [2.75, 3.05) is 25.2 Å². The van der Waals surface area contributed by atoms with Crippen LogP contribution in [0, 0.1) is 13.8 Å². The van der Waals surface area contributed by atoms with E-state index in [9.17, 15) is 0 Å². The van der Waals surface area contributed by atoms with Crippen molar-refractivity contribution in [2.24, 2.45) is 0 Å². The zero-order valence-electron chi connectivity index (χ0n) is 17.7. The van der Waals surface area contributed by atoms with Gasteiger partial charge in [0.05, 0.1) is 29.4 Å². The molecule has 0 amide bonds. The lowest BCUT2D eigenvalue weighted by molar-refractivity contribution is 0.146. The Hall–Kier alpha value is -2.61. The number of benzene rings is 1. The number of halogens is 1. The number of hydrogen-bond acceptors (Lipinski definition) is 4. The number of pyridine rings is 1. The molecule has 3 heterocycles. The second-order valence-corrected chi connectivity index (χ2v) is 8.28. The van der Waals surface area contributed by atoms with Crippen LogP contribution in [0.3, 0.4) is 0 Å². The molecule has 2 aromatic heterocycles. The zero-order valence-corrected chi connectivity index (χ0v) is 19.3. The molecule has 2 atom stereocenters. The molecule has 6 nitrogen and oxygen atoms in total. The maximum Gasteiger partial charge on any atom is 0.174 e. The fourth-order valence-electron chi connectivity index (χ4n) is 3.99. The van der Waals surface area contributed by atoms with Crippen LogP contribution in [0.25, 0.3) is 0 Å². The zero-order chi connectivity index (χ0) is 22.0. The van der Waals surface area contributed by atoms with E-state index in [2.05, 4.69) is 40.1 Å². The highest BCUT2D eigenvalue weighted by molar-refractivity contribution is 7.80. The molecule has 3 aromatic rings. The average molecular weight is 457 g/mol. The molecule has 0 radical (unpaired) electrons. The molecule has 2 N–H and O–H groups in total. The highest BCUT2D eigenvalue weighted by Crippen LogP contribution is 2.44. The molecule has 0 unspecified atom stereocenters. The Kier molecular flexibility index (Phi) is 6.46. The number of nitrogens with zero attached hydrogens (tertiary/aromatic N) is 2. The van der Waals surface area contributed by atoms with Crippen LogP contribution in [-0.4, -0.2) is 35.4 Å². The van der Waals surface area contributed by atoms with Gasteiger partial charge in [-0.25, -0.2) is 0 Å². The minimum atomic E-state index is -0.0981. The van der Waals surface area contributed by atoms with Crippen molar-refractivity contribution in [2.45, 2.75) is 25.9 Å². The van der Waals surface area contributed by atoms with E-state index in [4.69, 9.17) is 33.3 Å². The number of ether oxygens (including phenoxy) is 2. The second-order valence-electron chi connectivity index (χ2n) is 7.49. The number of anilines is 1. The summed E-state index contributed by atoms with van der Waals surface area (Å²) in [6, 6.07) is 13.7. The summed E-state index contributed by atoms with van der Waals surface area (Å²) in [4.78, 5) is 10.1. The number of aryl methyl sites for hydroxylation is 2. The minimum Gasteiger partial charge on any atom is -0.490 e. The molecule has 1 aliphatic rings. The minimum absolute atomic E-state index is 0.0799. The van der Waals surface area contributed by atoms with E-state index >= 15 is 0 Å².